The monoisotopic (exact) mass is 368 g/mol. The van der Waals surface area contributed by atoms with Crippen LogP contribution >= 0.6 is 0 Å². The number of amides is 1. The quantitative estimate of drug-likeness (QED) is 0.746. The lowest BCUT2D eigenvalue weighted by atomic mass is 9.77. The Morgan fingerprint density at radius 3 is 2.08 bits per heavy atom. The van der Waals surface area contributed by atoms with Crippen LogP contribution in [0.1, 0.15) is 70.6 Å². The lowest BCUT2D eigenvalue weighted by Crippen LogP contribution is -2.40. The van der Waals surface area contributed by atoms with Gasteiger partial charge in [-0.1, -0.05) is 0 Å². The zero-order chi connectivity index (χ0) is 18.4. The fourth-order valence-corrected chi connectivity index (χ4v) is 5.15. The number of halogens is 1. The average Bonchev–Trinajstić information content (AvgIpc) is 2.65. The molecule has 3 fully saturated rings. The number of carbonyl (C=O) groups is 1. The van der Waals surface area contributed by atoms with Gasteiger partial charge >= 0.3 is 0 Å². The summed E-state index contributed by atoms with van der Waals surface area (Å²) >= 11 is 0. The Balaban J connectivity index is 1.24. The van der Waals surface area contributed by atoms with Crippen molar-refractivity contribution in [3.63, 3.8) is 0 Å². The topological polar surface area (TPSA) is 55.6 Å². The molecule has 1 amide bonds. The van der Waals surface area contributed by atoms with Gasteiger partial charge in [-0.15, -0.1) is 0 Å². The van der Waals surface area contributed by atoms with E-state index in [2.05, 4.69) is 4.90 Å². The fourth-order valence-electron chi connectivity index (χ4n) is 5.15. The summed E-state index contributed by atoms with van der Waals surface area (Å²) in [6.45, 7) is 3.70. The molecule has 0 aromatic carbocycles. The van der Waals surface area contributed by atoms with E-state index in [0.29, 0.717) is 6.10 Å². The summed E-state index contributed by atoms with van der Waals surface area (Å²) in [5, 5.41) is 0. The van der Waals surface area contributed by atoms with Crippen LogP contribution in [0.4, 0.5) is 4.39 Å². The molecule has 0 aromatic rings. The number of piperidine rings is 1. The van der Waals surface area contributed by atoms with Crippen molar-refractivity contribution in [2.45, 2.75) is 82.9 Å². The van der Waals surface area contributed by atoms with Gasteiger partial charge in [0.15, 0.2) is 0 Å². The van der Waals surface area contributed by atoms with Crippen LogP contribution in [0.25, 0.3) is 0 Å². The van der Waals surface area contributed by atoms with Crippen LogP contribution in [0.3, 0.4) is 0 Å². The molecule has 1 saturated heterocycles. The summed E-state index contributed by atoms with van der Waals surface area (Å²) in [5.74, 6) is 1.54. The van der Waals surface area contributed by atoms with E-state index in [1.54, 1.807) is 0 Å². The molecular weight excluding hydrogens is 331 g/mol. The molecule has 3 rings (SSSR count). The van der Waals surface area contributed by atoms with Crippen LogP contribution < -0.4 is 5.73 Å². The van der Waals surface area contributed by atoms with Gasteiger partial charge in [-0.25, -0.2) is 4.39 Å². The summed E-state index contributed by atoms with van der Waals surface area (Å²) in [4.78, 5) is 13.6. The van der Waals surface area contributed by atoms with Gasteiger partial charge in [-0.2, -0.15) is 0 Å². The first-order chi connectivity index (χ1) is 12.6. The largest absolute Gasteiger partial charge is 0.377 e. The molecule has 0 spiro atoms. The van der Waals surface area contributed by atoms with Crippen LogP contribution in [-0.4, -0.2) is 49.3 Å². The Kier molecular flexibility index (Phi) is 7.74. The third-order valence-electron chi connectivity index (χ3n) is 6.99. The first-order valence-corrected chi connectivity index (χ1v) is 10.9. The fraction of sp³-hybridized carbons (Fsp3) is 0.952. The highest BCUT2D eigenvalue weighted by Gasteiger charge is 2.27. The van der Waals surface area contributed by atoms with Gasteiger partial charge in [0.25, 0.3) is 0 Å². The van der Waals surface area contributed by atoms with Gasteiger partial charge in [0, 0.05) is 12.5 Å². The smallest absolute Gasteiger partial charge is 0.220 e. The zero-order valence-electron chi connectivity index (χ0n) is 16.2. The predicted molar refractivity (Wildman–Crippen MR) is 102 cm³/mol. The van der Waals surface area contributed by atoms with Crippen molar-refractivity contribution in [1.82, 2.24) is 4.90 Å². The molecule has 3 aliphatic rings. The van der Waals surface area contributed by atoms with Gasteiger partial charge in [0.1, 0.15) is 6.17 Å². The van der Waals surface area contributed by atoms with Gasteiger partial charge < -0.3 is 15.4 Å². The number of nitrogens with zero attached hydrogens (tertiary/aromatic N) is 1. The lowest BCUT2D eigenvalue weighted by molar-refractivity contribution is -0.123. The van der Waals surface area contributed by atoms with Crippen molar-refractivity contribution in [1.29, 1.82) is 0 Å². The van der Waals surface area contributed by atoms with Gasteiger partial charge in [-0.3, -0.25) is 4.79 Å². The van der Waals surface area contributed by atoms with Crippen molar-refractivity contribution < 1.29 is 13.9 Å². The van der Waals surface area contributed by atoms with E-state index in [-0.39, 0.29) is 11.8 Å². The molecule has 150 valence electrons. The third kappa shape index (κ3) is 6.19. The number of alkyl halides is 1. The van der Waals surface area contributed by atoms with Crippen LogP contribution in [-0.2, 0) is 9.53 Å². The molecule has 1 heterocycles. The number of hydrogen-bond donors (Lipinski definition) is 1. The normalized spacial score (nSPS) is 34.7. The van der Waals surface area contributed by atoms with Gasteiger partial charge in [0.2, 0.25) is 5.91 Å². The summed E-state index contributed by atoms with van der Waals surface area (Å²) in [7, 11) is 0. The first kappa shape index (κ1) is 20.1. The maximum atomic E-state index is 13.3. The van der Waals surface area contributed by atoms with E-state index in [4.69, 9.17) is 10.5 Å². The number of carbonyl (C=O) groups excluding carboxylic acids is 1. The Labute approximate surface area is 158 Å². The van der Waals surface area contributed by atoms with Crippen LogP contribution in [0.15, 0.2) is 0 Å². The maximum Gasteiger partial charge on any atom is 0.220 e. The van der Waals surface area contributed by atoms with E-state index in [1.807, 2.05) is 0 Å². The Morgan fingerprint density at radius 2 is 1.50 bits per heavy atom. The highest BCUT2D eigenvalue weighted by molar-refractivity contribution is 5.76. The minimum atomic E-state index is -0.531. The van der Waals surface area contributed by atoms with E-state index in [0.717, 1.165) is 76.6 Å². The second-order valence-corrected chi connectivity index (χ2v) is 8.89. The second-order valence-electron chi connectivity index (χ2n) is 8.89. The molecular formula is C21H37FN2O2. The first-order valence-electron chi connectivity index (χ1n) is 10.9. The standard InChI is InChI=1S/C21H37FN2O2/c22-19-5-1-16(2-6-19)15-17-3-7-20(8-4-17)26-14-13-24-11-9-18(10-12-24)21(23)25/h16-20H,1-15H2,(H2,23,25). The molecule has 2 aliphatic carbocycles. The number of rotatable bonds is 7. The second kappa shape index (κ2) is 10.0. The van der Waals surface area contributed by atoms with Crippen molar-refractivity contribution in [2.75, 3.05) is 26.2 Å². The summed E-state index contributed by atoms with van der Waals surface area (Å²) in [6, 6.07) is 0. The number of hydrogen-bond acceptors (Lipinski definition) is 3. The van der Waals surface area contributed by atoms with Crippen LogP contribution in [0.5, 0.6) is 0 Å². The molecule has 0 unspecified atom stereocenters. The van der Waals surface area contributed by atoms with Gasteiger partial charge in [-0.05, 0) is 95.6 Å². The summed E-state index contributed by atoms with van der Waals surface area (Å²) in [6.07, 6.45) is 11.7. The highest BCUT2D eigenvalue weighted by atomic mass is 19.1. The molecule has 2 N–H and O–H groups in total. The summed E-state index contributed by atoms with van der Waals surface area (Å²) in [5.41, 5.74) is 5.39. The molecule has 0 radical (unpaired) electrons. The number of ether oxygens (including phenoxy) is 1. The molecule has 0 bridgehead atoms. The third-order valence-corrected chi connectivity index (χ3v) is 6.99. The van der Waals surface area contributed by atoms with Crippen molar-refractivity contribution in [2.24, 2.45) is 23.5 Å². The highest BCUT2D eigenvalue weighted by Crippen LogP contribution is 2.36. The Morgan fingerprint density at radius 1 is 0.923 bits per heavy atom. The zero-order valence-corrected chi connectivity index (χ0v) is 16.2. The number of nitrogens with two attached hydrogens (primary N) is 1. The van der Waals surface area contributed by atoms with Crippen molar-refractivity contribution in [3.05, 3.63) is 0 Å². The lowest BCUT2D eigenvalue weighted by Gasteiger charge is -2.34. The SMILES string of the molecule is NC(=O)C1CCN(CCOC2CCC(CC3CCC(F)CC3)CC2)CC1. The van der Waals surface area contributed by atoms with Gasteiger partial charge in [0.05, 0.1) is 12.7 Å². The number of likely N-dealkylation sites (tertiary alicyclic amines) is 1. The minimum Gasteiger partial charge on any atom is -0.377 e. The Bertz CT molecular complexity index is 424. The molecule has 1 aliphatic heterocycles. The number of primary amides is 1. The molecule has 4 nitrogen and oxygen atoms in total. The maximum absolute atomic E-state index is 13.3. The van der Waals surface area contributed by atoms with Crippen molar-refractivity contribution in [3.8, 4) is 0 Å². The molecule has 0 aromatic heterocycles. The molecule has 0 atom stereocenters. The van der Waals surface area contributed by atoms with E-state index < -0.39 is 6.17 Å². The van der Waals surface area contributed by atoms with E-state index in [1.165, 1.54) is 32.1 Å². The van der Waals surface area contributed by atoms with E-state index in [9.17, 15) is 9.18 Å². The van der Waals surface area contributed by atoms with Crippen molar-refractivity contribution >= 4 is 5.91 Å². The Hall–Kier alpha value is -0.680. The molecule has 2 saturated carbocycles. The predicted octanol–water partition coefficient (Wildman–Crippen LogP) is 3.68. The minimum absolute atomic E-state index is 0.0717. The van der Waals surface area contributed by atoms with E-state index >= 15 is 0 Å². The average molecular weight is 369 g/mol. The molecule has 5 heteroatoms. The summed E-state index contributed by atoms with van der Waals surface area (Å²) < 4.78 is 19.4. The molecule has 26 heavy (non-hydrogen) atoms. The van der Waals surface area contributed by atoms with Crippen LogP contribution in [0.2, 0.25) is 0 Å². The van der Waals surface area contributed by atoms with Crippen LogP contribution in [0, 0.1) is 17.8 Å².